The van der Waals surface area contributed by atoms with Crippen molar-refractivity contribution >= 4 is 0 Å². The van der Waals surface area contributed by atoms with Gasteiger partial charge in [-0.3, -0.25) is 4.90 Å². The molecule has 2 atom stereocenters. The highest BCUT2D eigenvalue weighted by molar-refractivity contribution is 4.84. The topological polar surface area (TPSA) is 41.7 Å². The molecule has 2 saturated heterocycles. The van der Waals surface area contributed by atoms with E-state index in [-0.39, 0.29) is 0 Å². The van der Waals surface area contributed by atoms with E-state index >= 15 is 0 Å². The lowest BCUT2D eigenvalue weighted by Gasteiger charge is -2.40. The maximum atomic E-state index is 6.00. The molecule has 118 valence electrons. The molecule has 4 nitrogen and oxygen atoms in total. The summed E-state index contributed by atoms with van der Waals surface area (Å²) in [6.45, 7) is 10.2. The highest BCUT2D eigenvalue weighted by Crippen LogP contribution is 2.23. The number of likely N-dealkylation sites (tertiary alicyclic amines) is 2. The maximum absolute atomic E-state index is 6.00. The molecule has 0 aromatic rings. The average molecular weight is 283 g/mol. The Bertz CT molecular complexity index is 260. The van der Waals surface area contributed by atoms with Crippen molar-refractivity contribution in [2.45, 2.75) is 38.6 Å². The van der Waals surface area contributed by atoms with E-state index in [0.717, 1.165) is 19.1 Å². The van der Waals surface area contributed by atoms with Gasteiger partial charge < -0.3 is 15.4 Å². The first-order chi connectivity index (χ1) is 9.74. The predicted octanol–water partition coefficient (Wildman–Crippen LogP) is 1.40. The van der Waals surface area contributed by atoms with Gasteiger partial charge in [0.05, 0.1) is 6.61 Å². The van der Waals surface area contributed by atoms with Crippen molar-refractivity contribution in [3.63, 3.8) is 0 Å². The summed E-state index contributed by atoms with van der Waals surface area (Å²) in [5.41, 5.74) is 6.00. The molecule has 4 heteroatoms. The van der Waals surface area contributed by atoms with Crippen molar-refractivity contribution in [1.82, 2.24) is 9.80 Å². The van der Waals surface area contributed by atoms with Crippen molar-refractivity contribution in [1.29, 1.82) is 0 Å². The maximum Gasteiger partial charge on any atom is 0.0503 e. The van der Waals surface area contributed by atoms with Crippen molar-refractivity contribution in [2.75, 3.05) is 53.0 Å². The Hall–Kier alpha value is -0.160. The van der Waals surface area contributed by atoms with Crippen LogP contribution < -0.4 is 5.73 Å². The smallest absolute Gasteiger partial charge is 0.0503 e. The van der Waals surface area contributed by atoms with Crippen molar-refractivity contribution in [3.05, 3.63) is 0 Å². The third-order valence-corrected chi connectivity index (χ3v) is 5.16. The van der Waals surface area contributed by atoms with Gasteiger partial charge in [0.1, 0.15) is 0 Å². The number of hydrogen-bond donors (Lipinski definition) is 1. The minimum Gasteiger partial charge on any atom is -0.384 e. The second-order valence-electron chi connectivity index (χ2n) is 6.72. The zero-order chi connectivity index (χ0) is 14.4. The predicted molar refractivity (Wildman–Crippen MR) is 83.9 cm³/mol. The Morgan fingerprint density at radius 1 is 1.15 bits per heavy atom. The van der Waals surface area contributed by atoms with Gasteiger partial charge in [-0.1, -0.05) is 6.92 Å². The largest absolute Gasteiger partial charge is 0.384 e. The van der Waals surface area contributed by atoms with E-state index in [4.69, 9.17) is 10.5 Å². The molecule has 2 unspecified atom stereocenters. The summed E-state index contributed by atoms with van der Waals surface area (Å²) >= 11 is 0. The van der Waals surface area contributed by atoms with Gasteiger partial charge in [0.15, 0.2) is 0 Å². The summed E-state index contributed by atoms with van der Waals surface area (Å²) in [5, 5.41) is 0. The first-order valence-corrected chi connectivity index (χ1v) is 8.40. The second-order valence-corrected chi connectivity index (χ2v) is 6.72. The molecule has 0 spiro atoms. The van der Waals surface area contributed by atoms with Crippen LogP contribution in [-0.2, 0) is 4.74 Å². The highest BCUT2D eigenvalue weighted by atomic mass is 16.5. The van der Waals surface area contributed by atoms with E-state index in [9.17, 15) is 0 Å². The molecular weight excluding hydrogens is 250 g/mol. The summed E-state index contributed by atoms with van der Waals surface area (Å²) in [4.78, 5) is 5.26. The first-order valence-electron chi connectivity index (χ1n) is 8.40. The minimum absolute atomic E-state index is 0.489. The summed E-state index contributed by atoms with van der Waals surface area (Å²) in [5.74, 6) is 1.43. The van der Waals surface area contributed by atoms with Gasteiger partial charge in [-0.05, 0) is 63.7 Å². The van der Waals surface area contributed by atoms with Crippen LogP contribution in [0.3, 0.4) is 0 Å². The molecule has 2 rings (SSSR count). The molecule has 2 N–H and O–H groups in total. The average Bonchev–Trinajstić information content (AvgIpc) is 2.95. The van der Waals surface area contributed by atoms with Gasteiger partial charge in [-0.15, -0.1) is 0 Å². The molecule has 0 amide bonds. The van der Waals surface area contributed by atoms with Crippen LogP contribution >= 0.6 is 0 Å². The van der Waals surface area contributed by atoms with E-state index in [0.29, 0.717) is 12.0 Å². The number of methoxy groups -OCH3 is 1. The van der Waals surface area contributed by atoms with Gasteiger partial charge >= 0.3 is 0 Å². The second kappa shape index (κ2) is 8.32. The lowest BCUT2D eigenvalue weighted by Crippen LogP contribution is -2.50. The van der Waals surface area contributed by atoms with Gasteiger partial charge in [0.25, 0.3) is 0 Å². The Balaban J connectivity index is 1.74. The Morgan fingerprint density at radius 3 is 2.35 bits per heavy atom. The molecule has 0 radical (unpaired) electrons. The fourth-order valence-electron chi connectivity index (χ4n) is 3.91. The zero-order valence-corrected chi connectivity index (χ0v) is 13.4. The molecule has 2 aliphatic heterocycles. The molecule has 2 heterocycles. The number of piperidine rings is 1. The van der Waals surface area contributed by atoms with Crippen molar-refractivity contribution in [3.8, 4) is 0 Å². The molecule has 0 aromatic heterocycles. The van der Waals surface area contributed by atoms with Crippen LogP contribution in [0.2, 0.25) is 0 Å². The minimum atomic E-state index is 0.489. The molecule has 0 bridgehead atoms. The molecule has 2 fully saturated rings. The van der Waals surface area contributed by atoms with Crippen LogP contribution in [-0.4, -0.2) is 68.8 Å². The molecule has 20 heavy (non-hydrogen) atoms. The lowest BCUT2D eigenvalue weighted by molar-refractivity contribution is 0.0576. The molecule has 2 aliphatic rings. The number of rotatable bonds is 7. The van der Waals surface area contributed by atoms with Crippen molar-refractivity contribution < 1.29 is 4.74 Å². The highest BCUT2D eigenvalue weighted by Gasteiger charge is 2.28. The van der Waals surface area contributed by atoms with Gasteiger partial charge in [0, 0.05) is 26.2 Å². The van der Waals surface area contributed by atoms with E-state index < -0.39 is 0 Å². The SMILES string of the molecule is COCC(C)C(CN)N1CCC(CN2CCCC2)CC1. The van der Waals surface area contributed by atoms with Gasteiger partial charge in [-0.25, -0.2) is 0 Å². The fourth-order valence-corrected chi connectivity index (χ4v) is 3.91. The number of hydrogen-bond acceptors (Lipinski definition) is 4. The third kappa shape index (κ3) is 4.42. The number of nitrogens with two attached hydrogens (primary N) is 1. The Labute approximate surface area is 124 Å². The lowest BCUT2D eigenvalue weighted by atomic mass is 9.92. The Morgan fingerprint density at radius 2 is 1.80 bits per heavy atom. The van der Waals surface area contributed by atoms with Gasteiger partial charge in [0.2, 0.25) is 0 Å². The number of nitrogens with zero attached hydrogens (tertiary/aromatic N) is 2. The van der Waals surface area contributed by atoms with Crippen LogP contribution in [0.15, 0.2) is 0 Å². The quantitative estimate of drug-likeness (QED) is 0.767. The summed E-state index contributed by atoms with van der Waals surface area (Å²) < 4.78 is 5.30. The third-order valence-electron chi connectivity index (χ3n) is 5.16. The van der Waals surface area contributed by atoms with Crippen LogP contribution in [0.5, 0.6) is 0 Å². The van der Waals surface area contributed by atoms with Crippen LogP contribution in [0.1, 0.15) is 32.6 Å². The van der Waals surface area contributed by atoms with Crippen LogP contribution in [0.25, 0.3) is 0 Å². The summed E-state index contributed by atoms with van der Waals surface area (Å²) in [7, 11) is 1.78. The molecule has 0 aromatic carbocycles. The molecule has 0 aliphatic carbocycles. The first kappa shape index (κ1) is 16.2. The standard InChI is InChI=1S/C16H33N3O/c1-14(13-20-2)16(11-17)19-9-5-15(6-10-19)12-18-7-3-4-8-18/h14-16H,3-13,17H2,1-2H3. The van der Waals surface area contributed by atoms with Crippen molar-refractivity contribution in [2.24, 2.45) is 17.6 Å². The normalized spacial score (nSPS) is 25.9. The van der Waals surface area contributed by atoms with E-state index in [1.807, 2.05) is 0 Å². The van der Waals surface area contributed by atoms with Gasteiger partial charge in [-0.2, -0.15) is 0 Å². The van der Waals surface area contributed by atoms with Crippen LogP contribution in [0, 0.1) is 11.8 Å². The number of ether oxygens (including phenoxy) is 1. The van der Waals surface area contributed by atoms with E-state index in [1.165, 1.54) is 58.4 Å². The Kier molecular flexibility index (Phi) is 6.75. The summed E-state index contributed by atoms with van der Waals surface area (Å²) in [6.07, 6.45) is 5.49. The zero-order valence-electron chi connectivity index (χ0n) is 13.4. The molecular formula is C16H33N3O. The van der Waals surface area contributed by atoms with E-state index in [1.54, 1.807) is 7.11 Å². The summed E-state index contributed by atoms with van der Waals surface area (Å²) in [6, 6.07) is 0.489. The van der Waals surface area contributed by atoms with Crippen LogP contribution in [0.4, 0.5) is 0 Å². The van der Waals surface area contributed by atoms with E-state index in [2.05, 4.69) is 16.7 Å². The fraction of sp³-hybridized carbons (Fsp3) is 1.00. The molecule has 0 saturated carbocycles. The monoisotopic (exact) mass is 283 g/mol.